The number of pyridine rings is 2. The Balaban J connectivity index is 0.00000180. The molecular weight excluding hydrogens is 258 g/mol. The van der Waals surface area contributed by atoms with Crippen LogP contribution >= 0.6 is 0 Å². The Hall–Kier alpha value is -1.30. The summed E-state index contributed by atoms with van der Waals surface area (Å²) in [6.07, 6.45) is 3.08. The van der Waals surface area contributed by atoms with E-state index in [0.717, 1.165) is 5.56 Å². The number of nitrogens with zero attached hydrogens (tertiary/aromatic N) is 2. The maximum absolute atomic E-state index is 14.0. The number of carbonyl (C=O) groups excluding carboxylic acids is 1. The summed E-state index contributed by atoms with van der Waals surface area (Å²) in [6.45, 7) is 3.21. The molecule has 0 saturated heterocycles. The van der Waals surface area contributed by atoms with Crippen molar-refractivity contribution in [1.82, 2.24) is 9.97 Å². The molecule has 2 heterocycles. The Morgan fingerprint density at radius 2 is 2.00 bits per heavy atom. The molecule has 0 aliphatic heterocycles. The summed E-state index contributed by atoms with van der Waals surface area (Å²) in [6, 6.07) is 2.89. The fourth-order valence-corrected chi connectivity index (χ4v) is 1.70. The van der Waals surface area contributed by atoms with E-state index in [4.69, 9.17) is 0 Å². The van der Waals surface area contributed by atoms with Crippen LogP contribution in [0.2, 0.25) is 0 Å². The maximum Gasteiger partial charge on any atom is 1.00 e. The molecule has 0 fully saturated rings. The fraction of sp³-hybridized carbons (Fsp3) is 0.154. The van der Waals surface area contributed by atoms with Crippen LogP contribution in [0.5, 0.6) is 0 Å². The third-order valence-corrected chi connectivity index (χ3v) is 2.66. The molecule has 2 aromatic heterocycles. The van der Waals surface area contributed by atoms with E-state index in [1.54, 1.807) is 19.2 Å². The minimum Gasteiger partial charge on any atom is -0.543 e. The van der Waals surface area contributed by atoms with Gasteiger partial charge in [0.05, 0.1) is 17.4 Å². The predicted molar refractivity (Wildman–Crippen MR) is 61.2 cm³/mol. The number of carbonyl (C=O) groups is 1. The van der Waals surface area contributed by atoms with Crippen LogP contribution in [0.3, 0.4) is 0 Å². The minimum absolute atomic E-state index is 0. The van der Waals surface area contributed by atoms with Gasteiger partial charge in [0.25, 0.3) is 0 Å². The molecule has 19 heavy (non-hydrogen) atoms. The number of carboxylic acid groups (broad SMARTS) is 1. The number of rotatable bonds is 2. The number of carboxylic acids is 1. The van der Waals surface area contributed by atoms with Crippen molar-refractivity contribution in [1.29, 1.82) is 0 Å². The maximum atomic E-state index is 14.0. The fourth-order valence-electron chi connectivity index (χ4n) is 1.70. The third-order valence-electron chi connectivity index (χ3n) is 2.66. The van der Waals surface area contributed by atoms with E-state index < -0.39 is 11.8 Å². The van der Waals surface area contributed by atoms with E-state index >= 15 is 0 Å². The van der Waals surface area contributed by atoms with E-state index in [2.05, 4.69) is 9.97 Å². The number of aromatic nitrogens is 2. The zero-order chi connectivity index (χ0) is 13.3. The van der Waals surface area contributed by atoms with Gasteiger partial charge in [-0.3, -0.25) is 4.98 Å². The van der Waals surface area contributed by atoms with Crippen molar-refractivity contribution < 1.29 is 43.8 Å². The zero-order valence-electron chi connectivity index (χ0n) is 10.9. The Morgan fingerprint density at radius 3 is 2.58 bits per heavy atom. The van der Waals surface area contributed by atoms with Crippen LogP contribution in [0.15, 0.2) is 24.5 Å². The van der Waals surface area contributed by atoms with E-state index in [0.29, 0.717) is 5.56 Å². The molecule has 92 valence electrons. The summed E-state index contributed by atoms with van der Waals surface area (Å²) in [5, 5.41) is 10.8. The Bertz CT molecular complexity index is 632. The molecule has 0 spiro atoms. The van der Waals surface area contributed by atoms with Gasteiger partial charge in [0.1, 0.15) is 0 Å². The molecule has 0 aromatic carbocycles. The molecule has 6 heteroatoms. The molecule has 0 aliphatic rings. The van der Waals surface area contributed by atoms with Gasteiger partial charge in [-0.1, -0.05) is 0 Å². The topological polar surface area (TPSA) is 65.9 Å². The van der Waals surface area contributed by atoms with E-state index in [-0.39, 0.29) is 46.5 Å². The molecule has 4 nitrogen and oxygen atoms in total. The number of halogens is 1. The second-order valence-electron chi connectivity index (χ2n) is 3.93. The van der Waals surface area contributed by atoms with Crippen LogP contribution in [0.1, 0.15) is 21.7 Å². The van der Waals surface area contributed by atoms with Gasteiger partial charge in [0, 0.05) is 23.5 Å². The molecule has 0 atom stereocenters. The van der Waals surface area contributed by atoms with Crippen molar-refractivity contribution in [2.24, 2.45) is 0 Å². The quantitative estimate of drug-likeness (QED) is 0.607. The molecule has 0 amide bonds. The molecule has 0 bridgehead atoms. The van der Waals surface area contributed by atoms with Gasteiger partial charge in [0.2, 0.25) is 0 Å². The van der Waals surface area contributed by atoms with E-state index in [9.17, 15) is 14.3 Å². The van der Waals surface area contributed by atoms with E-state index in [1.165, 1.54) is 19.2 Å². The van der Waals surface area contributed by atoms with Gasteiger partial charge in [-0.2, -0.15) is 0 Å². The predicted octanol–water partition coefficient (Wildman–Crippen LogP) is -1.73. The Morgan fingerprint density at radius 1 is 1.32 bits per heavy atom. The third kappa shape index (κ3) is 3.18. The van der Waals surface area contributed by atoms with Crippen LogP contribution in [0.4, 0.5) is 4.39 Å². The molecule has 0 N–H and O–H groups in total. The van der Waals surface area contributed by atoms with Gasteiger partial charge < -0.3 is 9.90 Å². The van der Waals surface area contributed by atoms with Crippen LogP contribution in [-0.4, -0.2) is 15.9 Å². The average molecular weight is 268 g/mol. The first-order chi connectivity index (χ1) is 8.50. The molecule has 0 aliphatic carbocycles. The summed E-state index contributed by atoms with van der Waals surface area (Å²) in [7, 11) is 0. The molecule has 2 rings (SSSR count). The summed E-state index contributed by atoms with van der Waals surface area (Å²) in [5.74, 6) is -1.98. The van der Waals surface area contributed by atoms with Crippen molar-refractivity contribution in [3.05, 3.63) is 47.3 Å². The number of hydrogen-bond acceptors (Lipinski definition) is 4. The molecule has 2 aromatic rings. The van der Waals surface area contributed by atoms with Crippen LogP contribution in [0, 0.1) is 19.7 Å². The van der Waals surface area contributed by atoms with Crippen molar-refractivity contribution in [2.75, 3.05) is 0 Å². The number of aromatic carboxylic acids is 1. The normalized spacial score (nSPS) is 9.84. The first kappa shape index (κ1) is 15.8. The summed E-state index contributed by atoms with van der Waals surface area (Å²) in [5.41, 5.74) is 1.26. The van der Waals surface area contributed by atoms with Crippen molar-refractivity contribution >= 4 is 5.97 Å². The van der Waals surface area contributed by atoms with Crippen LogP contribution < -0.4 is 34.7 Å². The Labute approximate surface area is 132 Å². The SMILES string of the molecule is Cc1ccncc1-c1cc(C(=O)[O-])nc(C)c1F.[Na+]. The summed E-state index contributed by atoms with van der Waals surface area (Å²) in [4.78, 5) is 18.4. The monoisotopic (exact) mass is 268 g/mol. The summed E-state index contributed by atoms with van der Waals surface area (Å²) >= 11 is 0. The van der Waals surface area contributed by atoms with Crippen molar-refractivity contribution in [2.45, 2.75) is 13.8 Å². The largest absolute Gasteiger partial charge is 1.00 e. The molecular formula is C13H10FN2NaO2. The van der Waals surface area contributed by atoms with Crippen molar-refractivity contribution in [3.63, 3.8) is 0 Å². The Kier molecular flexibility index (Phi) is 5.17. The van der Waals surface area contributed by atoms with Gasteiger partial charge in [0.15, 0.2) is 5.82 Å². The van der Waals surface area contributed by atoms with Crippen LogP contribution in [-0.2, 0) is 0 Å². The van der Waals surface area contributed by atoms with Gasteiger partial charge in [-0.05, 0) is 31.5 Å². The van der Waals surface area contributed by atoms with Gasteiger partial charge in [-0.15, -0.1) is 0 Å². The molecule has 0 saturated carbocycles. The first-order valence-electron chi connectivity index (χ1n) is 5.30. The molecule has 0 unspecified atom stereocenters. The van der Waals surface area contributed by atoms with E-state index in [1.807, 2.05) is 0 Å². The number of hydrogen-bond donors (Lipinski definition) is 0. The standard InChI is InChI=1S/C13H11FN2O2.Na/c1-7-3-4-15-6-10(7)9-5-11(13(17)18)16-8(2)12(9)14;/h3-6H,1-2H3,(H,17,18);/q;+1/p-1. The smallest absolute Gasteiger partial charge is 0.543 e. The van der Waals surface area contributed by atoms with Crippen LogP contribution in [0.25, 0.3) is 11.1 Å². The molecule has 0 radical (unpaired) electrons. The second-order valence-corrected chi connectivity index (χ2v) is 3.93. The zero-order valence-corrected chi connectivity index (χ0v) is 12.9. The van der Waals surface area contributed by atoms with Gasteiger partial charge >= 0.3 is 29.6 Å². The minimum atomic E-state index is -1.43. The second kappa shape index (κ2) is 6.23. The van der Waals surface area contributed by atoms with Gasteiger partial charge in [-0.25, -0.2) is 9.37 Å². The average Bonchev–Trinajstić information content (AvgIpc) is 2.33. The first-order valence-corrected chi connectivity index (χ1v) is 5.30. The number of aryl methyl sites for hydroxylation is 2. The summed E-state index contributed by atoms with van der Waals surface area (Å²) < 4.78 is 14.0. The van der Waals surface area contributed by atoms with Crippen molar-refractivity contribution in [3.8, 4) is 11.1 Å².